The second kappa shape index (κ2) is 10.0. The number of nitrogens with zero attached hydrogens (tertiary/aromatic N) is 3. The Bertz CT molecular complexity index is 993. The zero-order valence-electron chi connectivity index (χ0n) is 19.5. The molecule has 1 aromatic carbocycles. The van der Waals surface area contributed by atoms with E-state index < -0.39 is 11.9 Å². The molecule has 1 fully saturated rings. The molecule has 1 aliphatic heterocycles. The van der Waals surface area contributed by atoms with Crippen LogP contribution in [0.1, 0.15) is 56.7 Å². The SMILES string of the molecule is CCC(C)=C(C(=O)N1CC(C(=O)O)CC(c2ccc(OC)cc2)C1)C(C)c1ccn(C)n1. The molecule has 0 spiro atoms. The summed E-state index contributed by atoms with van der Waals surface area (Å²) in [7, 11) is 3.47. The van der Waals surface area contributed by atoms with Gasteiger partial charge in [0, 0.05) is 43.7 Å². The fourth-order valence-corrected chi connectivity index (χ4v) is 4.47. The number of benzene rings is 1. The number of carbonyl (C=O) groups is 2. The second-order valence-electron chi connectivity index (χ2n) is 8.63. The van der Waals surface area contributed by atoms with Crippen molar-refractivity contribution in [3.63, 3.8) is 0 Å². The fraction of sp³-hybridized carbons (Fsp3) is 0.480. The van der Waals surface area contributed by atoms with E-state index in [1.165, 1.54) is 0 Å². The Labute approximate surface area is 189 Å². The van der Waals surface area contributed by atoms with E-state index in [-0.39, 0.29) is 24.3 Å². The van der Waals surface area contributed by atoms with Gasteiger partial charge in [-0.05, 0) is 43.5 Å². The third-order valence-electron chi connectivity index (χ3n) is 6.51. The lowest BCUT2D eigenvalue weighted by Gasteiger charge is -2.38. The number of carbonyl (C=O) groups excluding carboxylic acids is 1. The highest BCUT2D eigenvalue weighted by Gasteiger charge is 2.37. The van der Waals surface area contributed by atoms with E-state index >= 15 is 0 Å². The Balaban J connectivity index is 1.92. The maximum Gasteiger partial charge on any atom is 0.308 e. The maximum absolute atomic E-state index is 13.8. The molecule has 32 heavy (non-hydrogen) atoms. The third-order valence-corrected chi connectivity index (χ3v) is 6.51. The third kappa shape index (κ3) is 5.03. The van der Waals surface area contributed by atoms with Crippen molar-refractivity contribution in [1.82, 2.24) is 14.7 Å². The molecule has 3 rings (SSSR count). The van der Waals surface area contributed by atoms with Crippen LogP contribution in [-0.2, 0) is 16.6 Å². The Morgan fingerprint density at radius 1 is 1.22 bits per heavy atom. The summed E-state index contributed by atoms with van der Waals surface area (Å²) < 4.78 is 6.98. The molecular formula is C25H33N3O4. The molecule has 7 heteroatoms. The monoisotopic (exact) mass is 439 g/mol. The van der Waals surface area contributed by atoms with Gasteiger partial charge in [-0.3, -0.25) is 14.3 Å². The van der Waals surface area contributed by atoms with Gasteiger partial charge in [0.15, 0.2) is 0 Å². The Hall–Kier alpha value is -3.09. The van der Waals surface area contributed by atoms with E-state index in [4.69, 9.17) is 4.74 Å². The molecule has 1 aliphatic rings. The topological polar surface area (TPSA) is 84.7 Å². The average Bonchev–Trinajstić information content (AvgIpc) is 3.24. The van der Waals surface area contributed by atoms with Gasteiger partial charge in [-0.2, -0.15) is 5.10 Å². The minimum absolute atomic E-state index is 0.0481. The highest BCUT2D eigenvalue weighted by molar-refractivity contribution is 5.96. The van der Waals surface area contributed by atoms with Gasteiger partial charge < -0.3 is 14.7 Å². The largest absolute Gasteiger partial charge is 0.497 e. The first-order valence-electron chi connectivity index (χ1n) is 11.1. The summed E-state index contributed by atoms with van der Waals surface area (Å²) in [6.07, 6.45) is 3.12. The van der Waals surface area contributed by atoms with Crippen LogP contribution in [0.15, 0.2) is 47.7 Å². The highest BCUT2D eigenvalue weighted by atomic mass is 16.5. The van der Waals surface area contributed by atoms with Crippen LogP contribution in [0.3, 0.4) is 0 Å². The number of aromatic nitrogens is 2. The summed E-state index contributed by atoms with van der Waals surface area (Å²) in [6, 6.07) is 9.60. The van der Waals surface area contributed by atoms with Crippen LogP contribution >= 0.6 is 0 Å². The van der Waals surface area contributed by atoms with E-state index in [1.54, 1.807) is 16.7 Å². The van der Waals surface area contributed by atoms with Gasteiger partial charge in [-0.1, -0.05) is 31.6 Å². The van der Waals surface area contributed by atoms with Gasteiger partial charge in [0.25, 0.3) is 0 Å². The van der Waals surface area contributed by atoms with Crippen molar-refractivity contribution in [3.8, 4) is 5.75 Å². The van der Waals surface area contributed by atoms with Crippen molar-refractivity contribution in [2.75, 3.05) is 20.2 Å². The summed E-state index contributed by atoms with van der Waals surface area (Å²) in [5, 5.41) is 14.3. The molecule has 3 unspecified atom stereocenters. The number of likely N-dealkylation sites (tertiary alicyclic amines) is 1. The summed E-state index contributed by atoms with van der Waals surface area (Å²) in [5.74, 6) is -1.03. The molecule has 0 bridgehead atoms. The van der Waals surface area contributed by atoms with Crippen molar-refractivity contribution in [2.45, 2.75) is 45.4 Å². The summed E-state index contributed by atoms with van der Waals surface area (Å²) in [4.78, 5) is 27.4. The molecule has 2 aromatic rings. The van der Waals surface area contributed by atoms with Crippen molar-refractivity contribution in [1.29, 1.82) is 0 Å². The number of carboxylic acids is 1. The summed E-state index contributed by atoms with van der Waals surface area (Å²) in [6.45, 7) is 6.71. The smallest absolute Gasteiger partial charge is 0.308 e. The molecule has 7 nitrogen and oxygen atoms in total. The van der Waals surface area contributed by atoms with Crippen molar-refractivity contribution >= 4 is 11.9 Å². The Morgan fingerprint density at radius 2 is 1.91 bits per heavy atom. The summed E-state index contributed by atoms with van der Waals surface area (Å²) in [5.41, 5.74) is 3.57. The van der Waals surface area contributed by atoms with Crippen molar-refractivity contribution in [2.24, 2.45) is 13.0 Å². The number of allylic oxidation sites excluding steroid dienone is 1. The van der Waals surface area contributed by atoms with Crippen molar-refractivity contribution in [3.05, 3.63) is 58.9 Å². The van der Waals surface area contributed by atoms with Crippen LogP contribution in [0.5, 0.6) is 5.75 Å². The van der Waals surface area contributed by atoms with Gasteiger partial charge in [-0.25, -0.2) is 0 Å². The number of ether oxygens (including phenoxy) is 1. The van der Waals surface area contributed by atoms with E-state index in [9.17, 15) is 14.7 Å². The first-order valence-corrected chi connectivity index (χ1v) is 11.1. The molecule has 1 aromatic heterocycles. The number of carboxylic acid groups (broad SMARTS) is 1. The van der Waals surface area contributed by atoms with E-state index in [0.717, 1.165) is 29.0 Å². The number of aryl methyl sites for hydroxylation is 1. The molecular weight excluding hydrogens is 406 g/mol. The predicted molar refractivity (Wildman–Crippen MR) is 123 cm³/mol. The minimum atomic E-state index is -0.864. The number of piperidine rings is 1. The lowest BCUT2D eigenvalue weighted by molar-refractivity contribution is -0.145. The second-order valence-corrected chi connectivity index (χ2v) is 8.63. The number of amides is 1. The van der Waals surface area contributed by atoms with Gasteiger partial charge in [0.1, 0.15) is 5.75 Å². The van der Waals surface area contributed by atoms with Crippen LogP contribution < -0.4 is 4.74 Å². The van der Waals surface area contributed by atoms with Crippen LogP contribution in [0.2, 0.25) is 0 Å². The summed E-state index contributed by atoms with van der Waals surface area (Å²) >= 11 is 0. The maximum atomic E-state index is 13.8. The van der Waals surface area contributed by atoms with Gasteiger partial charge in [0.2, 0.25) is 5.91 Å². The van der Waals surface area contributed by atoms with Crippen LogP contribution in [0.4, 0.5) is 0 Å². The first kappa shape index (κ1) is 23.6. The van der Waals surface area contributed by atoms with Crippen LogP contribution in [-0.4, -0.2) is 51.9 Å². The molecule has 1 saturated heterocycles. The van der Waals surface area contributed by atoms with E-state index in [1.807, 2.05) is 64.3 Å². The van der Waals surface area contributed by atoms with Crippen LogP contribution in [0.25, 0.3) is 0 Å². The lowest BCUT2D eigenvalue weighted by atomic mass is 9.83. The Morgan fingerprint density at radius 3 is 2.44 bits per heavy atom. The molecule has 1 amide bonds. The van der Waals surface area contributed by atoms with Crippen LogP contribution in [0, 0.1) is 5.92 Å². The number of rotatable bonds is 7. The fourth-order valence-electron chi connectivity index (χ4n) is 4.47. The lowest BCUT2D eigenvalue weighted by Crippen LogP contribution is -2.46. The minimum Gasteiger partial charge on any atom is -0.497 e. The zero-order valence-corrected chi connectivity index (χ0v) is 19.5. The van der Waals surface area contributed by atoms with E-state index in [2.05, 4.69) is 5.10 Å². The number of methoxy groups -OCH3 is 1. The predicted octanol–water partition coefficient (Wildman–Crippen LogP) is 3.98. The first-order chi connectivity index (χ1) is 15.2. The molecule has 0 saturated carbocycles. The average molecular weight is 440 g/mol. The molecule has 172 valence electrons. The molecule has 0 aliphatic carbocycles. The normalized spacial score (nSPS) is 20.5. The van der Waals surface area contributed by atoms with E-state index in [0.29, 0.717) is 18.5 Å². The molecule has 3 atom stereocenters. The standard InChI is InChI=1S/C25H33N3O4/c1-6-16(2)23(17(3)22-11-12-27(4)26-22)24(29)28-14-19(13-20(15-28)25(30)31)18-7-9-21(32-5)10-8-18/h7-12,17,19-20H,6,13-15H2,1-5H3,(H,30,31). The number of aliphatic carboxylic acids is 1. The van der Waals surface area contributed by atoms with Crippen molar-refractivity contribution < 1.29 is 19.4 Å². The molecule has 0 radical (unpaired) electrons. The van der Waals surface area contributed by atoms with Gasteiger partial charge >= 0.3 is 5.97 Å². The quantitative estimate of drug-likeness (QED) is 0.660. The zero-order chi connectivity index (χ0) is 23.4. The van der Waals surface area contributed by atoms with Gasteiger partial charge in [-0.15, -0.1) is 0 Å². The molecule has 1 N–H and O–H groups in total. The number of hydrogen-bond donors (Lipinski definition) is 1. The molecule has 2 heterocycles. The highest BCUT2D eigenvalue weighted by Crippen LogP contribution is 2.35. The van der Waals surface area contributed by atoms with Gasteiger partial charge in [0.05, 0.1) is 18.7 Å². The Kier molecular flexibility index (Phi) is 7.38. The number of hydrogen-bond acceptors (Lipinski definition) is 4.